The van der Waals surface area contributed by atoms with E-state index in [0.717, 1.165) is 5.56 Å². The summed E-state index contributed by atoms with van der Waals surface area (Å²) in [7, 11) is 0. The van der Waals surface area contributed by atoms with Gasteiger partial charge in [0, 0.05) is 11.3 Å². The topological polar surface area (TPSA) is 132 Å². The number of esters is 2. The first-order valence-corrected chi connectivity index (χ1v) is 10.9. The molecule has 0 unspecified atom stereocenters. The van der Waals surface area contributed by atoms with Crippen LogP contribution >= 0.6 is 0 Å². The number of fused-ring (bicyclic) bond motifs is 2. The lowest BCUT2D eigenvalue weighted by Gasteiger charge is -2.34. The van der Waals surface area contributed by atoms with Crippen LogP contribution in [0.3, 0.4) is 0 Å². The number of amides is 1. The highest BCUT2D eigenvalue weighted by Crippen LogP contribution is 2.54. The van der Waals surface area contributed by atoms with E-state index in [-0.39, 0.29) is 36.0 Å². The summed E-state index contributed by atoms with van der Waals surface area (Å²) in [5.41, 5.74) is 5.13. The van der Waals surface area contributed by atoms with Gasteiger partial charge in [0.2, 0.25) is 11.8 Å². The van der Waals surface area contributed by atoms with E-state index < -0.39 is 29.8 Å². The molecule has 1 spiro atoms. The van der Waals surface area contributed by atoms with E-state index in [2.05, 4.69) is 0 Å². The smallest absolute Gasteiger partial charge is 0.339 e. The van der Waals surface area contributed by atoms with E-state index in [1.165, 1.54) is 11.8 Å². The molecule has 0 saturated carbocycles. The van der Waals surface area contributed by atoms with Crippen LogP contribution in [0, 0.1) is 11.3 Å². The van der Waals surface area contributed by atoms with Crippen LogP contribution in [0.25, 0.3) is 0 Å². The fourth-order valence-electron chi connectivity index (χ4n) is 4.50. The molecule has 0 radical (unpaired) electrons. The van der Waals surface area contributed by atoms with E-state index in [9.17, 15) is 19.6 Å². The quantitative estimate of drug-likeness (QED) is 0.633. The Hall–Kier alpha value is -4.58. The zero-order valence-electron chi connectivity index (χ0n) is 19.2. The molecule has 2 aliphatic heterocycles. The van der Waals surface area contributed by atoms with Crippen molar-refractivity contribution in [1.29, 1.82) is 5.26 Å². The summed E-state index contributed by atoms with van der Waals surface area (Å²) in [6, 6.07) is 17.6. The van der Waals surface area contributed by atoms with Crippen LogP contribution in [0.15, 0.2) is 77.4 Å². The van der Waals surface area contributed by atoms with Gasteiger partial charge in [0.15, 0.2) is 5.41 Å². The predicted molar refractivity (Wildman–Crippen MR) is 124 cm³/mol. The first-order chi connectivity index (χ1) is 16.9. The van der Waals surface area contributed by atoms with Gasteiger partial charge >= 0.3 is 11.9 Å². The second kappa shape index (κ2) is 9.35. The summed E-state index contributed by atoms with van der Waals surface area (Å²) < 4.78 is 16.1. The highest BCUT2D eigenvalue weighted by atomic mass is 16.5. The number of allylic oxidation sites excluding steroid dienone is 1. The Morgan fingerprint density at radius 3 is 2.49 bits per heavy atom. The molecule has 0 aromatic heterocycles. The number of carbonyl (C=O) groups is 3. The van der Waals surface area contributed by atoms with Gasteiger partial charge in [-0.3, -0.25) is 14.5 Å². The number of rotatable bonds is 6. The third kappa shape index (κ3) is 3.79. The Balaban J connectivity index is 1.86. The van der Waals surface area contributed by atoms with Crippen LogP contribution < -0.4 is 10.6 Å². The molecule has 178 valence electrons. The standard InChI is InChI=1S/C26H23N3O6/c1-3-33-21(30)14-29-20-12-8-7-11-18(20)26(25(29)32)19(13-27)23(28)35-16(2)22(26)24(31)34-15-17-9-5-4-6-10-17/h4-12H,3,14-15,28H2,1-2H3/t26-/m1/s1. The number of nitriles is 1. The average molecular weight is 473 g/mol. The van der Waals surface area contributed by atoms with Gasteiger partial charge in [0.1, 0.15) is 36.1 Å². The van der Waals surface area contributed by atoms with Gasteiger partial charge in [-0.25, -0.2) is 4.79 Å². The van der Waals surface area contributed by atoms with Crippen LogP contribution in [0.2, 0.25) is 0 Å². The Kier molecular flexibility index (Phi) is 6.30. The monoisotopic (exact) mass is 473 g/mol. The van der Waals surface area contributed by atoms with Gasteiger partial charge in [-0.1, -0.05) is 48.5 Å². The maximum absolute atomic E-state index is 14.1. The molecule has 2 aromatic carbocycles. The fourth-order valence-corrected chi connectivity index (χ4v) is 4.50. The Bertz CT molecular complexity index is 1310. The van der Waals surface area contributed by atoms with Crippen molar-refractivity contribution in [3.8, 4) is 6.07 Å². The van der Waals surface area contributed by atoms with Crippen LogP contribution in [-0.2, 0) is 40.6 Å². The minimum atomic E-state index is -1.93. The minimum Gasteiger partial charge on any atom is -0.465 e. The SMILES string of the molecule is CCOC(=O)CN1C(=O)[C@@]2(C(C#N)=C(N)OC(C)=C2C(=O)OCc2ccccc2)c2ccccc21. The zero-order valence-corrected chi connectivity index (χ0v) is 19.2. The zero-order chi connectivity index (χ0) is 25.2. The molecule has 9 heteroatoms. The second-order valence-corrected chi connectivity index (χ2v) is 7.91. The van der Waals surface area contributed by atoms with Crippen LogP contribution in [-0.4, -0.2) is 31.0 Å². The van der Waals surface area contributed by atoms with Crippen molar-refractivity contribution < 1.29 is 28.6 Å². The van der Waals surface area contributed by atoms with Gasteiger partial charge in [0.05, 0.1) is 6.61 Å². The number of para-hydroxylation sites is 1. The molecule has 9 nitrogen and oxygen atoms in total. The molecule has 2 N–H and O–H groups in total. The van der Waals surface area contributed by atoms with E-state index >= 15 is 0 Å². The Morgan fingerprint density at radius 1 is 1.11 bits per heavy atom. The van der Waals surface area contributed by atoms with Gasteiger partial charge < -0.3 is 19.9 Å². The van der Waals surface area contributed by atoms with Crippen molar-refractivity contribution in [1.82, 2.24) is 0 Å². The van der Waals surface area contributed by atoms with Gasteiger partial charge in [-0.05, 0) is 25.5 Å². The van der Waals surface area contributed by atoms with Crippen LogP contribution in [0.1, 0.15) is 25.0 Å². The van der Waals surface area contributed by atoms with Crippen LogP contribution in [0.5, 0.6) is 0 Å². The van der Waals surface area contributed by atoms with Crippen molar-refractivity contribution in [2.75, 3.05) is 18.1 Å². The molecule has 35 heavy (non-hydrogen) atoms. The number of hydrogen-bond acceptors (Lipinski definition) is 8. The minimum absolute atomic E-state index is 0.0284. The van der Waals surface area contributed by atoms with Gasteiger partial charge in [0.25, 0.3) is 0 Å². The molecule has 0 aliphatic carbocycles. The Labute approximate surface area is 202 Å². The van der Waals surface area contributed by atoms with Gasteiger partial charge in [-0.2, -0.15) is 5.26 Å². The van der Waals surface area contributed by atoms with E-state index in [1.54, 1.807) is 55.5 Å². The number of carbonyl (C=O) groups excluding carboxylic acids is 3. The third-order valence-corrected chi connectivity index (χ3v) is 5.90. The molecular formula is C26H23N3O6. The predicted octanol–water partition coefficient (Wildman–Crippen LogP) is 2.58. The van der Waals surface area contributed by atoms with Crippen molar-refractivity contribution in [2.24, 2.45) is 5.73 Å². The highest BCUT2D eigenvalue weighted by molar-refractivity contribution is 6.19. The van der Waals surface area contributed by atoms with Gasteiger partial charge in [-0.15, -0.1) is 0 Å². The van der Waals surface area contributed by atoms with Crippen molar-refractivity contribution in [3.63, 3.8) is 0 Å². The molecule has 2 heterocycles. The summed E-state index contributed by atoms with van der Waals surface area (Å²) >= 11 is 0. The largest absolute Gasteiger partial charge is 0.465 e. The average Bonchev–Trinajstić information content (AvgIpc) is 3.07. The summed E-state index contributed by atoms with van der Waals surface area (Å²) in [5, 5.41) is 10.1. The van der Waals surface area contributed by atoms with Crippen molar-refractivity contribution in [2.45, 2.75) is 25.9 Å². The Morgan fingerprint density at radius 2 is 1.80 bits per heavy atom. The number of nitrogens with two attached hydrogens (primary N) is 1. The normalized spacial score (nSPS) is 18.8. The van der Waals surface area contributed by atoms with E-state index in [0.29, 0.717) is 11.3 Å². The van der Waals surface area contributed by atoms with Crippen molar-refractivity contribution >= 4 is 23.5 Å². The van der Waals surface area contributed by atoms with Crippen molar-refractivity contribution in [3.05, 3.63) is 88.5 Å². The second-order valence-electron chi connectivity index (χ2n) is 7.91. The molecule has 1 amide bonds. The molecule has 2 aliphatic rings. The third-order valence-electron chi connectivity index (χ3n) is 5.90. The molecule has 0 saturated heterocycles. The summed E-state index contributed by atoms with van der Waals surface area (Å²) in [6.07, 6.45) is 0. The summed E-state index contributed by atoms with van der Waals surface area (Å²) in [6.45, 7) is 2.80. The number of hydrogen-bond donors (Lipinski definition) is 1. The highest BCUT2D eigenvalue weighted by Gasteiger charge is 2.62. The van der Waals surface area contributed by atoms with E-state index in [4.69, 9.17) is 19.9 Å². The van der Waals surface area contributed by atoms with Crippen LogP contribution in [0.4, 0.5) is 5.69 Å². The molecule has 2 aromatic rings. The first-order valence-electron chi connectivity index (χ1n) is 10.9. The number of benzene rings is 2. The lowest BCUT2D eigenvalue weighted by atomic mass is 9.68. The summed E-state index contributed by atoms with van der Waals surface area (Å²) in [4.78, 5) is 41.1. The maximum atomic E-state index is 14.1. The fraction of sp³-hybridized carbons (Fsp3) is 0.231. The molecule has 4 rings (SSSR count). The number of nitrogens with zero attached hydrogens (tertiary/aromatic N) is 2. The number of anilines is 1. The first kappa shape index (κ1) is 23.6. The lowest BCUT2D eigenvalue weighted by molar-refractivity contribution is -0.143. The molecule has 1 atom stereocenters. The molecular weight excluding hydrogens is 450 g/mol. The molecule has 0 bridgehead atoms. The number of ether oxygens (including phenoxy) is 3. The summed E-state index contributed by atoms with van der Waals surface area (Å²) in [5.74, 6) is -2.44. The van der Waals surface area contributed by atoms with E-state index in [1.807, 2.05) is 12.1 Å². The maximum Gasteiger partial charge on any atom is 0.339 e. The molecule has 0 fully saturated rings. The lowest BCUT2D eigenvalue weighted by Crippen LogP contribution is -2.49.